The van der Waals surface area contributed by atoms with E-state index in [4.69, 9.17) is 9.47 Å². The van der Waals surface area contributed by atoms with E-state index in [1.54, 1.807) is 19.0 Å². The summed E-state index contributed by atoms with van der Waals surface area (Å²) in [6, 6.07) is 7.82. The molecule has 3 rings (SSSR count). The molecule has 5 heteroatoms. The molecular weight excluding hydrogens is 292 g/mol. The summed E-state index contributed by atoms with van der Waals surface area (Å²) in [5.41, 5.74) is 1.87. The Kier molecular flexibility index (Phi) is 6.02. The van der Waals surface area contributed by atoms with Crippen molar-refractivity contribution in [2.24, 2.45) is 0 Å². The SMILES string of the molecule is CC.CN(C)C(=O)c1ccc(N2CCC3(CC2)OCCO3)cc1. The Morgan fingerprint density at radius 3 is 2.04 bits per heavy atom. The molecule has 1 spiro atoms. The van der Waals surface area contributed by atoms with E-state index in [0.29, 0.717) is 13.2 Å². The van der Waals surface area contributed by atoms with Gasteiger partial charge in [-0.3, -0.25) is 4.79 Å². The van der Waals surface area contributed by atoms with Gasteiger partial charge < -0.3 is 19.3 Å². The monoisotopic (exact) mass is 320 g/mol. The van der Waals surface area contributed by atoms with Gasteiger partial charge in [0, 0.05) is 51.3 Å². The number of carbonyl (C=O) groups is 1. The third kappa shape index (κ3) is 4.03. The van der Waals surface area contributed by atoms with Gasteiger partial charge in [-0.15, -0.1) is 0 Å². The lowest BCUT2D eigenvalue weighted by Crippen LogP contribution is -2.45. The minimum atomic E-state index is -0.336. The highest BCUT2D eigenvalue weighted by atomic mass is 16.7. The van der Waals surface area contributed by atoms with E-state index < -0.39 is 0 Å². The van der Waals surface area contributed by atoms with E-state index in [-0.39, 0.29) is 11.7 Å². The van der Waals surface area contributed by atoms with Crippen LogP contribution in [-0.4, -0.2) is 57.0 Å². The molecule has 1 aromatic carbocycles. The van der Waals surface area contributed by atoms with Crippen LogP contribution < -0.4 is 4.90 Å². The zero-order valence-corrected chi connectivity index (χ0v) is 14.7. The van der Waals surface area contributed by atoms with Gasteiger partial charge in [0.1, 0.15) is 0 Å². The molecular formula is C18H28N2O3. The summed E-state index contributed by atoms with van der Waals surface area (Å²) >= 11 is 0. The molecule has 0 bridgehead atoms. The second-order valence-corrected chi connectivity index (χ2v) is 5.84. The topological polar surface area (TPSA) is 42.0 Å². The first-order chi connectivity index (χ1) is 11.1. The zero-order valence-electron chi connectivity index (χ0n) is 14.7. The van der Waals surface area contributed by atoms with E-state index in [9.17, 15) is 4.79 Å². The first kappa shape index (κ1) is 17.8. The van der Waals surface area contributed by atoms with Gasteiger partial charge in [0.2, 0.25) is 0 Å². The molecule has 0 aliphatic carbocycles. The van der Waals surface area contributed by atoms with Crippen molar-refractivity contribution < 1.29 is 14.3 Å². The highest BCUT2D eigenvalue weighted by Crippen LogP contribution is 2.33. The zero-order chi connectivity index (χ0) is 16.9. The van der Waals surface area contributed by atoms with Crippen molar-refractivity contribution in [3.63, 3.8) is 0 Å². The van der Waals surface area contributed by atoms with Crippen LogP contribution in [0, 0.1) is 0 Å². The summed E-state index contributed by atoms with van der Waals surface area (Å²) in [7, 11) is 3.53. The van der Waals surface area contributed by atoms with Gasteiger partial charge in [0.15, 0.2) is 5.79 Å². The minimum absolute atomic E-state index is 0.0342. The number of hydrogen-bond donors (Lipinski definition) is 0. The summed E-state index contributed by atoms with van der Waals surface area (Å²) in [5, 5.41) is 0. The van der Waals surface area contributed by atoms with Crippen LogP contribution in [0.15, 0.2) is 24.3 Å². The lowest BCUT2D eigenvalue weighted by molar-refractivity contribution is -0.169. The van der Waals surface area contributed by atoms with Gasteiger partial charge in [-0.1, -0.05) is 13.8 Å². The molecule has 2 fully saturated rings. The number of hydrogen-bond acceptors (Lipinski definition) is 4. The standard InChI is InChI=1S/C16H22N2O3.C2H6/c1-17(2)15(19)13-3-5-14(6-4-13)18-9-7-16(8-10-18)20-11-12-21-16;1-2/h3-6H,7-12H2,1-2H3;1-2H3. The van der Waals surface area contributed by atoms with Crippen molar-refractivity contribution in [3.8, 4) is 0 Å². The smallest absolute Gasteiger partial charge is 0.253 e. The number of ether oxygens (including phenoxy) is 2. The second-order valence-electron chi connectivity index (χ2n) is 5.84. The van der Waals surface area contributed by atoms with Crippen LogP contribution in [0.2, 0.25) is 0 Å². The fourth-order valence-electron chi connectivity index (χ4n) is 2.96. The Morgan fingerprint density at radius 1 is 1.04 bits per heavy atom. The van der Waals surface area contributed by atoms with Gasteiger partial charge in [0.05, 0.1) is 13.2 Å². The maximum Gasteiger partial charge on any atom is 0.253 e. The number of anilines is 1. The third-order valence-corrected chi connectivity index (χ3v) is 4.22. The van der Waals surface area contributed by atoms with E-state index in [0.717, 1.165) is 37.2 Å². The van der Waals surface area contributed by atoms with Crippen LogP contribution in [-0.2, 0) is 9.47 Å². The van der Waals surface area contributed by atoms with E-state index >= 15 is 0 Å². The van der Waals surface area contributed by atoms with Crippen molar-refractivity contribution in [3.05, 3.63) is 29.8 Å². The summed E-state index contributed by atoms with van der Waals surface area (Å²) in [6.45, 7) is 7.25. The van der Waals surface area contributed by atoms with Gasteiger partial charge in [0.25, 0.3) is 5.91 Å². The summed E-state index contributed by atoms with van der Waals surface area (Å²) in [4.78, 5) is 15.8. The average Bonchev–Trinajstić information content (AvgIpc) is 3.05. The highest BCUT2D eigenvalue weighted by Gasteiger charge is 2.39. The van der Waals surface area contributed by atoms with Crippen LogP contribution in [0.5, 0.6) is 0 Å². The Hall–Kier alpha value is -1.59. The van der Waals surface area contributed by atoms with Crippen LogP contribution in [0.1, 0.15) is 37.0 Å². The van der Waals surface area contributed by atoms with Crippen LogP contribution in [0.3, 0.4) is 0 Å². The van der Waals surface area contributed by atoms with Crippen LogP contribution in [0.4, 0.5) is 5.69 Å². The number of amides is 1. The molecule has 0 atom stereocenters. The van der Waals surface area contributed by atoms with Crippen LogP contribution in [0.25, 0.3) is 0 Å². The predicted molar refractivity (Wildman–Crippen MR) is 91.9 cm³/mol. The number of benzene rings is 1. The summed E-state index contributed by atoms with van der Waals surface area (Å²) < 4.78 is 11.5. The molecule has 0 N–H and O–H groups in total. The van der Waals surface area contributed by atoms with Crippen molar-refractivity contribution >= 4 is 11.6 Å². The highest BCUT2D eigenvalue weighted by molar-refractivity contribution is 5.94. The van der Waals surface area contributed by atoms with E-state index in [2.05, 4.69) is 4.90 Å². The summed E-state index contributed by atoms with van der Waals surface area (Å²) in [5.74, 6) is -0.302. The van der Waals surface area contributed by atoms with Gasteiger partial charge in [-0.2, -0.15) is 0 Å². The molecule has 2 aliphatic rings. The normalized spacial score (nSPS) is 19.2. The molecule has 1 aromatic rings. The second kappa shape index (κ2) is 7.79. The van der Waals surface area contributed by atoms with Crippen molar-refractivity contribution in [2.45, 2.75) is 32.5 Å². The Bertz CT molecular complexity index is 498. The molecule has 128 valence electrons. The molecule has 2 heterocycles. The van der Waals surface area contributed by atoms with Gasteiger partial charge in [-0.25, -0.2) is 0 Å². The molecule has 0 saturated carbocycles. The maximum absolute atomic E-state index is 11.9. The van der Waals surface area contributed by atoms with E-state index in [1.807, 2.05) is 38.1 Å². The molecule has 0 unspecified atom stereocenters. The number of piperidine rings is 1. The van der Waals surface area contributed by atoms with Crippen molar-refractivity contribution in [1.82, 2.24) is 4.90 Å². The fraction of sp³-hybridized carbons (Fsp3) is 0.611. The fourth-order valence-corrected chi connectivity index (χ4v) is 2.96. The molecule has 0 aromatic heterocycles. The van der Waals surface area contributed by atoms with Crippen molar-refractivity contribution in [1.29, 1.82) is 0 Å². The molecule has 5 nitrogen and oxygen atoms in total. The molecule has 2 aliphatic heterocycles. The Morgan fingerprint density at radius 2 is 1.57 bits per heavy atom. The lowest BCUT2D eigenvalue weighted by atomic mass is 10.0. The Balaban J connectivity index is 0.000000924. The number of nitrogens with zero attached hydrogens (tertiary/aromatic N) is 2. The average molecular weight is 320 g/mol. The number of carbonyl (C=O) groups excluding carboxylic acids is 1. The number of rotatable bonds is 2. The Labute approximate surface area is 139 Å². The van der Waals surface area contributed by atoms with Gasteiger partial charge >= 0.3 is 0 Å². The predicted octanol–water partition coefficient (Wildman–Crippen LogP) is 2.76. The quantitative estimate of drug-likeness (QED) is 0.840. The lowest BCUT2D eigenvalue weighted by Gasteiger charge is -2.38. The third-order valence-electron chi connectivity index (χ3n) is 4.22. The van der Waals surface area contributed by atoms with Crippen molar-refractivity contribution in [2.75, 3.05) is 45.3 Å². The minimum Gasteiger partial charge on any atom is -0.371 e. The van der Waals surface area contributed by atoms with E-state index in [1.165, 1.54) is 0 Å². The first-order valence-corrected chi connectivity index (χ1v) is 8.44. The van der Waals surface area contributed by atoms with Crippen LogP contribution >= 0.6 is 0 Å². The first-order valence-electron chi connectivity index (χ1n) is 8.44. The summed E-state index contributed by atoms with van der Waals surface area (Å²) in [6.07, 6.45) is 1.79. The molecule has 0 radical (unpaired) electrons. The molecule has 1 amide bonds. The molecule has 2 saturated heterocycles. The van der Waals surface area contributed by atoms with Gasteiger partial charge in [-0.05, 0) is 24.3 Å². The maximum atomic E-state index is 11.9. The molecule has 23 heavy (non-hydrogen) atoms. The largest absolute Gasteiger partial charge is 0.371 e.